The molecule has 2 aromatic carbocycles. The Labute approximate surface area is 186 Å². The van der Waals surface area contributed by atoms with Gasteiger partial charge in [0.25, 0.3) is 0 Å². The minimum absolute atomic E-state index is 0.00435. The number of halogens is 3. The Morgan fingerprint density at radius 1 is 1.12 bits per heavy atom. The molecule has 2 heterocycles. The maximum absolute atomic E-state index is 13.3. The van der Waals surface area contributed by atoms with Crippen molar-refractivity contribution in [2.75, 3.05) is 7.11 Å². The third-order valence-electron chi connectivity index (χ3n) is 5.01. The summed E-state index contributed by atoms with van der Waals surface area (Å²) >= 11 is 0. The summed E-state index contributed by atoms with van der Waals surface area (Å²) in [6, 6.07) is 12.0. The van der Waals surface area contributed by atoms with Crippen LogP contribution in [-0.4, -0.2) is 25.1 Å². The first-order chi connectivity index (χ1) is 15.8. The van der Waals surface area contributed by atoms with Crippen molar-refractivity contribution in [3.05, 3.63) is 83.3 Å². The van der Waals surface area contributed by atoms with E-state index < -0.39 is 35.8 Å². The summed E-state index contributed by atoms with van der Waals surface area (Å²) < 4.78 is 61.2. The molecule has 0 saturated heterocycles. The molecule has 0 spiro atoms. The number of fused-ring (bicyclic) bond motifs is 1. The van der Waals surface area contributed by atoms with E-state index in [1.165, 1.54) is 43.7 Å². The number of methoxy groups -OCH3 is 1. The largest absolute Gasteiger partial charge is 0.497 e. The lowest BCUT2D eigenvalue weighted by Gasteiger charge is -2.32. The van der Waals surface area contributed by atoms with E-state index in [9.17, 15) is 22.8 Å². The molecule has 0 radical (unpaired) electrons. The third-order valence-corrected chi connectivity index (χ3v) is 5.01. The molecule has 0 unspecified atom stereocenters. The smallest absolute Gasteiger partial charge is 0.416 e. The van der Waals surface area contributed by atoms with Gasteiger partial charge in [-0.05, 0) is 42.0 Å². The Hall–Kier alpha value is -3.95. The van der Waals surface area contributed by atoms with Gasteiger partial charge in [-0.15, -0.1) is 0 Å². The van der Waals surface area contributed by atoms with Crippen molar-refractivity contribution in [2.24, 2.45) is 0 Å². The Balaban J connectivity index is 1.66. The first-order valence-electron chi connectivity index (χ1n) is 9.79. The van der Waals surface area contributed by atoms with E-state index >= 15 is 0 Å². The monoisotopic (exact) mass is 461 g/mol. The molecule has 0 saturated carbocycles. The molecule has 1 aromatic heterocycles. The van der Waals surface area contributed by atoms with Crippen molar-refractivity contribution in [1.29, 1.82) is 0 Å². The van der Waals surface area contributed by atoms with Crippen LogP contribution in [0.4, 0.5) is 18.0 Å². The zero-order valence-electron chi connectivity index (χ0n) is 17.2. The van der Waals surface area contributed by atoms with Crippen molar-refractivity contribution < 1.29 is 41.4 Å². The number of hydrogen-bond acceptors (Lipinski definition) is 6. The molecule has 4 rings (SSSR count). The van der Waals surface area contributed by atoms with E-state index in [2.05, 4.69) is 5.32 Å². The van der Waals surface area contributed by atoms with Crippen LogP contribution in [0.2, 0.25) is 0 Å². The van der Waals surface area contributed by atoms with Gasteiger partial charge in [0.15, 0.2) is 6.10 Å². The maximum Gasteiger partial charge on any atom is 0.416 e. The summed E-state index contributed by atoms with van der Waals surface area (Å²) in [4.78, 5) is 25.6. The Morgan fingerprint density at radius 2 is 1.94 bits per heavy atom. The van der Waals surface area contributed by atoms with E-state index in [0.717, 1.165) is 12.1 Å². The molecule has 3 aromatic rings. The number of alkyl halides is 3. The first-order valence-corrected chi connectivity index (χ1v) is 9.79. The molecule has 1 amide bonds. The summed E-state index contributed by atoms with van der Waals surface area (Å²) in [5.74, 6) is 0.331. The van der Waals surface area contributed by atoms with Gasteiger partial charge in [-0.3, -0.25) is 4.79 Å². The fourth-order valence-corrected chi connectivity index (χ4v) is 3.40. The van der Waals surface area contributed by atoms with Gasteiger partial charge in [-0.1, -0.05) is 12.1 Å². The van der Waals surface area contributed by atoms with Crippen LogP contribution in [0, 0.1) is 0 Å². The van der Waals surface area contributed by atoms with Gasteiger partial charge in [-0.25, -0.2) is 4.79 Å². The number of nitrogens with one attached hydrogen (secondary N) is 1. The van der Waals surface area contributed by atoms with Crippen molar-refractivity contribution >= 4 is 11.9 Å². The fraction of sp³-hybridized carbons (Fsp3) is 0.217. The zero-order valence-corrected chi connectivity index (χ0v) is 17.2. The van der Waals surface area contributed by atoms with Gasteiger partial charge in [0.2, 0.25) is 11.9 Å². The molecule has 1 N–H and O–H groups in total. The maximum atomic E-state index is 13.3. The molecule has 1 aliphatic rings. The second-order valence-corrected chi connectivity index (χ2v) is 7.15. The van der Waals surface area contributed by atoms with Crippen molar-refractivity contribution in [1.82, 2.24) is 5.32 Å². The van der Waals surface area contributed by atoms with Gasteiger partial charge >= 0.3 is 12.3 Å². The highest BCUT2D eigenvalue weighted by molar-refractivity contribution is 6.04. The molecule has 0 aliphatic carbocycles. The number of rotatable bonds is 5. The van der Waals surface area contributed by atoms with Crippen LogP contribution in [0.5, 0.6) is 11.5 Å². The van der Waals surface area contributed by atoms with Crippen LogP contribution in [0.25, 0.3) is 0 Å². The Bertz CT molecular complexity index is 1160. The molecule has 172 valence electrons. The van der Waals surface area contributed by atoms with Crippen molar-refractivity contribution in [3.63, 3.8) is 0 Å². The number of amides is 1. The highest BCUT2D eigenvalue weighted by atomic mass is 19.4. The minimum Gasteiger partial charge on any atom is -0.497 e. The lowest BCUT2D eigenvalue weighted by Crippen LogP contribution is -2.42. The van der Waals surface area contributed by atoms with Crippen molar-refractivity contribution in [3.8, 4) is 11.5 Å². The lowest BCUT2D eigenvalue weighted by molar-refractivity contribution is -0.137. The second kappa shape index (κ2) is 8.89. The van der Waals surface area contributed by atoms with Gasteiger partial charge in [0.1, 0.15) is 17.3 Å². The molecule has 33 heavy (non-hydrogen) atoms. The summed E-state index contributed by atoms with van der Waals surface area (Å²) in [7, 11) is 1.42. The summed E-state index contributed by atoms with van der Waals surface area (Å²) in [5.41, 5.74) is -0.785. The molecule has 7 nitrogen and oxygen atoms in total. The number of ketones is 1. The van der Waals surface area contributed by atoms with Crippen LogP contribution in [0.3, 0.4) is 0 Å². The summed E-state index contributed by atoms with van der Waals surface area (Å²) in [6.45, 7) is -0.00435. The molecular formula is C23H18F3NO6. The van der Waals surface area contributed by atoms with Crippen LogP contribution in [-0.2, 0) is 17.5 Å². The number of carbonyl (C=O) groups is 2. The summed E-state index contributed by atoms with van der Waals surface area (Å²) in [5, 5.41) is 2.44. The Kier molecular flexibility index (Phi) is 5.99. The predicted molar refractivity (Wildman–Crippen MR) is 108 cm³/mol. The summed E-state index contributed by atoms with van der Waals surface area (Å²) in [6.07, 6.45) is -6.97. The van der Waals surface area contributed by atoms with Gasteiger partial charge in [0.05, 0.1) is 31.0 Å². The molecule has 0 fully saturated rings. The average molecular weight is 461 g/mol. The topological polar surface area (TPSA) is 87.0 Å². The third kappa shape index (κ3) is 4.79. The number of ether oxygens (including phenoxy) is 3. The molecule has 0 bridgehead atoms. The van der Waals surface area contributed by atoms with E-state index in [4.69, 9.17) is 18.6 Å². The number of alkyl carbamates (subject to hydrolysis) is 1. The number of Topliss-reactive ketones (excluding diaryl/α,β-unsaturated/α-hetero) is 1. The standard InChI is InChI=1S/C23H18F3NO6/c1-30-15-7-8-17-18(11-15)32-20(13-4-2-5-14(10-13)23(24,25)26)21(19(17)28)33-22(29)27-12-16-6-3-9-31-16/h2-11,20-21H,12H2,1H3,(H,27,29)/t20-,21+/m0/s1. The quantitative estimate of drug-likeness (QED) is 0.581. The van der Waals surface area contributed by atoms with E-state index in [1.807, 2.05) is 0 Å². The number of benzene rings is 2. The first kappa shape index (κ1) is 22.3. The van der Waals surface area contributed by atoms with Crippen molar-refractivity contribution in [2.45, 2.75) is 24.9 Å². The van der Waals surface area contributed by atoms with Gasteiger partial charge in [-0.2, -0.15) is 13.2 Å². The van der Waals surface area contributed by atoms with E-state index in [0.29, 0.717) is 11.5 Å². The lowest BCUT2D eigenvalue weighted by atomic mass is 9.92. The minimum atomic E-state index is -4.60. The number of carbonyl (C=O) groups excluding carboxylic acids is 2. The second-order valence-electron chi connectivity index (χ2n) is 7.15. The molecule has 10 heteroatoms. The van der Waals surface area contributed by atoms with Gasteiger partial charge < -0.3 is 23.9 Å². The van der Waals surface area contributed by atoms with E-state index in [1.54, 1.807) is 12.1 Å². The SMILES string of the molecule is COc1ccc2c(c1)O[C@@H](c1cccc(C(F)(F)F)c1)[C@H](OC(=O)NCc1ccco1)C2=O. The van der Waals surface area contributed by atoms with Crippen LogP contribution < -0.4 is 14.8 Å². The molecule has 1 aliphatic heterocycles. The Morgan fingerprint density at radius 3 is 2.64 bits per heavy atom. The van der Waals surface area contributed by atoms with Crippen LogP contribution >= 0.6 is 0 Å². The fourth-order valence-electron chi connectivity index (χ4n) is 3.40. The number of furan rings is 1. The van der Waals surface area contributed by atoms with E-state index in [-0.39, 0.29) is 23.4 Å². The van der Waals surface area contributed by atoms with Gasteiger partial charge in [0, 0.05) is 6.07 Å². The highest BCUT2D eigenvalue weighted by Gasteiger charge is 2.42. The average Bonchev–Trinajstić information content (AvgIpc) is 3.32. The zero-order chi connectivity index (χ0) is 23.6. The number of hydrogen-bond donors (Lipinski definition) is 1. The van der Waals surface area contributed by atoms with Crippen LogP contribution in [0.1, 0.15) is 33.3 Å². The normalized spacial score (nSPS) is 17.6. The predicted octanol–water partition coefficient (Wildman–Crippen LogP) is 4.92. The van der Waals surface area contributed by atoms with Crippen LogP contribution in [0.15, 0.2) is 65.3 Å². The highest BCUT2D eigenvalue weighted by Crippen LogP contribution is 2.40. The molecular weight excluding hydrogens is 443 g/mol. The molecule has 2 atom stereocenters.